The fourth-order valence-electron chi connectivity index (χ4n) is 1.76. The van der Waals surface area contributed by atoms with Crippen LogP contribution in [0.25, 0.3) is 11.3 Å². The molecule has 0 unspecified atom stereocenters. The zero-order chi connectivity index (χ0) is 12.4. The van der Waals surface area contributed by atoms with Crippen molar-refractivity contribution in [2.24, 2.45) is 7.05 Å². The zero-order valence-corrected chi connectivity index (χ0v) is 9.81. The molecule has 0 saturated heterocycles. The Morgan fingerprint density at radius 3 is 2.41 bits per heavy atom. The first-order valence-corrected chi connectivity index (χ1v) is 5.23. The number of nitrogens with two attached hydrogens (primary N) is 1. The summed E-state index contributed by atoms with van der Waals surface area (Å²) in [5.41, 5.74) is 8.84. The molecule has 0 aliphatic rings. The fraction of sp³-hybridized carbons (Fsp3) is 0.154. The smallest absolute Gasteiger partial charge is 0.354 e. The van der Waals surface area contributed by atoms with E-state index in [4.69, 9.17) is 10.5 Å². The highest BCUT2D eigenvalue weighted by Gasteiger charge is 2.13. The van der Waals surface area contributed by atoms with Crippen molar-refractivity contribution in [3.63, 3.8) is 0 Å². The van der Waals surface area contributed by atoms with E-state index in [1.807, 2.05) is 37.4 Å². The minimum absolute atomic E-state index is 0.339. The normalized spacial score (nSPS) is 10.2. The van der Waals surface area contributed by atoms with E-state index in [1.54, 1.807) is 10.6 Å². The van der Waals surface area contributed by atoms with Crippen LogP contribution in [0.3, 0.4) is 0 Å². The second-order valence-corrected chi connectivity index (χ2v) is 3.78. The highest BCUT2D eigenvalue weighted by atomic mass is 16.5. The molecule has 4 heteroatoms. The van der Waals surface area contributed by atoms with E-state index in [2.05, 4.69) is 0 Å². The van der Waals surface area contributed by atoms with Gasteiger partial charge in [0.2, 0.25) is 0 Å². The molecule has 1 aromatic carbocycles. The highest BCUT2D eigenvalue weighted by molar-refractivity contribution is 5.89. The second kappa shape index (κ2) is 4.33. The van der Waals surface area contributed by atoms with Crippen molar-refractivity contribution in [1.29, 1.82) is 0 Å². The molecule has 17 heavy (non-hydrogen) atoms. The van der Waals surface area contributed by atoms with Crippen LogP contribution >= 0.6 is 0 Å². The molecule has 0 bridgehead atoms. The third kappa shape index (κ3) is 2.01. The first-order valence-electron chi connectivity index (χ1n) is 5.23. The lowest BCUT2D eigenvalue weighted by molar-refractivity contribution is 0.0590. The molecule has 0 radical (unpaired) electrons. The second-order valence-electron chi connectivity index (χ2n) is 3.78. The van der Waals surface area contributed by atoms with Gasteiger partial charge in [0.1, 0.15) is 5.69 Å². The van der Waals surface area contributed by atoms with Crippen molar-refractivity contribution in [2.45, 2.75) is 0 Å². The Morgan fingerprint density at radius 2 is 1.82 bits per heavy atom. The number of carbonyl (C=O) groups excluding carboxylic acids is 1. The number of ether oxygens (including phenoxy) is 1. The number of methoxy groups -OCH3 is 1. The molecule has 0 fully saturated rings. The predicted molar refractivity (Wildman–Crippen MR) is 66.6 cm³/mol. The molecule has 0 spiro atoms. The molecule has 2 N–H and O–H groups in total. The Kier molecular flexibility index (Phi) is 2.87. The lowest BCUT2D eigenvalue weighted by Gasteiger charge is -2.06. The van der Waals surface area contributed by atoms with Gasteiger partial charge in [-0.2, -0.15) is 0 Å². The Morgan fingerprint density at radius 1 is 1.18 bits per heavy atom. The summed E-state index contributed by atoms with van der Waals surface area (Å²) in [6, 6.07) is 11.1. The Labute approximate surface area is 99.6 Å². The third-order valence-corrected chi connectivity index (χ3v) is 2.72. The average Bonchev–Trinajstić information content (AvgIpc) is 2.71. The van der Waals surface area contributed by atoms with Gasteiger partial charge in [-0.3, -0.25) is 0 Å². The van der Waals surface area contributed by atoms with Crippen molar-refractivity contribution < 1.29 is 9.53 Å². The number of nitrogens with zero attached hydrogens (tertiary/aromatic N) is 1. The van der Waals surface area contributed by atoms with Gasteiger partial charge in [0, 0.05) is 18.4 Å². The molecule has 2 aromatic rings. The monoisotopic (exact) mass is 230 g/mol. The summed E-state index contributed by atoms with van der Waals surface area (Å²) in [6.45, 7) is 0. The van der Waals surface area contributed by atoms with Crippen LogP contribution in [0.4, 0.5) is 5.69 Å². The van der Waals surface area contributed by atoms with Crippen LogP contribution in [0.2, 0.25) is 0 Å². The van der Waals surface area contributed by atoms with E-state index >= 15 is 0 Å². The van der Waals surface area contributed by atoms with Crippen LogP contribution in [-0.4, -0.2) is 17.6 Å². The molecule has 0 amide bonds. The molecular weight excluding hydrogens is 216 g/mol. The van der Waals surface area contributed by atoms with Gasteiger partial charge in [-0.1, -0.05) is 12.1 Å². The number of aromatic nitrogens is 1. The standard InChI is InChI=1S/C13H14N2O2/c1-15-11(7-8-12(15)13(16)17-2)9-3-5-10(14)6-4-9/h3-8H,14H2,1-2H3. The van der Waals surface area contributed by atoms with Crippen molar-refractivity contribution in [1.82, 2.24) is 4.57 Å². The summed E-state index contributed by atoms with van der Waals surface area (Å²) in [5.74, 6) is -0.339. The van der Waals surface area contributed by atoms with Gasteiger partial charge in [0.25, 0.3) is 0 Å². The lowest BCUT2D eigenvalue weighted by Crippen LogP contribution is -2.08. The SMILES string of the molecule is COC(=O)c1ccc(-c2ccc(N)cc2)n1C. The molecule has 0 atom stereocenters. The van der Waals surface area contributed by atoms with E-state index < -0.39 is 0 Å². The summed E-state index contributed by atoms with van der Waals surface area (Å²) in [7, 11) is 3.20. The van der Waals surface area contributed by atoms with Gasteiger partial charge in [0.05, 0.1) is 7.11 Å². The maximum Gasteiger partial charge on any atom is 0.354 e. The maximum atomic E-state index is 11.5. The quantitative estimate of drug-likeness (QED) is 0.634. The molecule has 1 heterocycles. The van der Waals surface area contributed by atoms with E-state index in [1.165, 1.54) is 7.11 Å². The molecule has 0 aliphatic heterocycles. The minimum Gasteiger partial charge on any atom is -0.464 e. The molecule has 2 rings (SSSR count). The number of nitrogen functional groups attached to an aromatic ring is 1. The molecule has 1 aromatic heterocycles. The molecule has 0 saturated carbocycles. The fourth-order valence-corrected chi connectivity index (χ4v) is 1.76. The molecular formula is C13H14N2O2. The average molecular weight is 230 g/mol. The number of carbonyl (C=O) groups is 1. The van der Waals surface area contributed by atoms with E-state index in [9.17, 15) is 4.79 Å². The summed E-state index contributed by atoms with van der Waals surface area (Å²) >= 11 is 0. The van der Waals surface area contributed by atoms with Crippen LogP contribution in [0, 0.1) is 0 Å². The Hall–Kier alpha value is -2.23. The topological polar surface area (TPSA) is 57.2 Å². The number of rotatable bonds is 2. The minimum atomic E-state index is -0.339. The van der Waals surface area contributed by atoms with Gasteiger partial charge < -0.3 is 15.0 Å². The van der Waals surface area contributed by atoms with Crippen molar-refractivity contribution >= 4 is 11.7 Å². The zero-order valence-electron chi connectivity index (χ0n) is 9.81. The largest absolute Gasteiger partial charge is 0.464 e. The number of anilines is 1. The maximum absolute atomic E-state index is 11.5. The Bertz CT molecular complexity index is 541. The summed E-state index contributed by atoms with van der Waals surface area (Å²) in [6.07, 6.45) is 0. The van der Waals surface area contributed by atoms with Gasteiger partial charge in [-0.15, -0.1) is 0 Å². The predicted octanol–water partition coefficient (Wildman–Crippen LogP) is 2.06. The molecule has 0 aliphatic carbocycles. The summed E-state index contributed by atoms with van der Waals surface area (Å²) in [5, 5.41) is 0. The first kappa shape index (κ1) is 11.3. The molecule has 88 valence electrons. The van der Waals surface area contributed by atoms with Crippen LogP contribution in [0.1, 0.15) is 10.5 Å². The van der Waals surface area contributed by atoms with Crippen molar-refractivity contribution in [3.05, 3.63) is 42.1 Å². The van der Waals surface area contributed by atoms with Crippen LogP contribution in [0.5, 0.6) is 0 Å². The third-order valence-electron chi connectivity index (χ3n) is 2.72. The first-order chi connectivity index (χ1) is 8.13. The van der Waals surface area contributed by atoms with Gasteiger partial charge in [-0.25, -0.2) is 4.79 Å². The lowest BCUT2D eigenvalue weighted by atomic mass is 10.1. The van der Waals surface area contributed by atoms with E-state index in [0.29, 0.717) is 5.69 Å². The summed E-state index contributed by atoms with van der Waals surface area (Å²) in [4.78, 5) is 11.5. The van der Waals surface area contributed by atoms with Gasteiger partial charge in [-0.05, 0) is 29.8 Å². The number of hydrogen-bond acceptors (Lipinski definition) is 3. The highest BCUT2D eigenvalue weighted by Crippen LogP contribution is 2.22. The van der Waals surface area contributed by atoms with E-state index in [0.717, 1.165) is 16.9 Å². The molecule has 4 nitrogen and oxygen atoms in total. The van der Waals surface area contributed by atoms with Gasteiger partial charge in [0.15, 0.2) is 0 Å². The van der Waals surface area contributed by atoms with E-state index in [-0.39, 0.29) is 5.97 Å². The van der Waals surface area contributed by atoms with Crippen LogP contribution in [-0.2, 0) is 11.8 Å². The number of hydrogen-bond donors (Lipinski definition) is 1. The number of esters is 1. The van der Waals surface area contributed by atoms with Crippen molar-refractivity contribution in [3.8, 4) is 11.3 Å². The van der Waals surface area contributed by atoms with Crippen LogP contribution in [0.15, 0.2) is 36.4 Å². The number of benzene rings is 1. The summed E-state index contributed by atoms with van der Waals surface area (Å²) < 4.78 is 6.51. The van der Waals surface area contributed by atoms with Crippen molar-refractivity contribution in [2.75, 3.05) is 12.8 Å². The van der Waals surface area contributed by atoms with Gasteiger partial charge >= 0.3 is 5.97 Å². The van der Waals surface area contributed by atoms with Crippen LogP contribution < -0.4 is 5.73 Å². The Balaban J connectivity index is 2.44.